The average molecular weight is 265 g/mol. The fourth-order valence-electron chi connectivity index (χ4n) is 1.28. The summed E-state index contributed by atoms with van der Waals surface area (Å²) in [6.45, 7) is 7.43. The number of nitrogens with zero attached hydrogens (tertiary/aromatic N) is 1. The van der Waals surface area contributed by atoms with E-state index in [4.69, 9.17) is 6.15 Å². The van der Waals surface area contributed by atoms with Gasteiger partial charge in [-0.15, -0.1) is 0 Å². The quantitative estimate of drug-likeness (QED) is 0.878. The number of rotatable bonds is 4. The predicted molar refractivity (Wildman–Crippen MR) is 74.2 cm³/mol. The Kier molecular flexibility index (Phi) is 4.78. The number of alkyl carbamates (subject to hydrolysis) is 1. The first kappa shape index (κ1) is 13.4. The van der Waals surface area contributed by atoms with Crippen molar-refractivity contribution in [2.45, 2.75) is 39.8 Å². The van der Waals surface area contributed by atoms with E-state index in [1.807, 2.05) is 6.07 Å². The highest BCUT2D eigenvalue weighted by molar-refractivity contribution is 5.69. The molecule has 1 aromatic heterocycles. The standard InChI is InChI=1S/C14H21N3O2/c1-5-12(17-13(18)19-14(2,3)4)16-10-11-7-6-8-15-9-11/h5-9,16H,10H2,1-4H3,(H,17,18)/b12-5+/i/hT. The number of amides is 1. The van der Waals surface area contributed by atoms with Gasteiger partial charge in [0.2, 0.25) is 0 Å². The van der Waals surface area contributed by atoms with E-state index in [1.54, 1.807) is 52.2 Å². The number of nitrogens with one attached hydrogen (secondary N) is 2. The summed E-state index contributed by atoms with van der Waals surface area (Å²) in [4.78, 5) is 15.7. The van der Waals surface area contributed by atoms with Crippen molar-refractivity contribution in [2.24, 2.45) is 0 Å². The molecule has 0 spiro atoms. The highest BCUT2D eigenvalue weighted by Gasteiger charge is 2.16. The van der Waals surface area contributed by atoms with Crippen molar-refractivity contribution in [3.63, 3.8) is 0 Å². The van der Waals surface area contributed by atoms with Gasteiger partial charge in [-0.3, -0.25) is 10.3 Å². The molecule has 0 aliphatic heterocycles. The van der Waals surface area contributed by atoms with E-state index in [1.165, 1.54) is 5.31 Å². The maximum absolute atomic E-state index is 11.7. The maximum atomic E-state index is 11.7. The molecule has 0 fully saturated rings. The Hall–Kier alpha value is -2.04. The van der Waals surface area contributed by atoms with E-state index in [0.29, 0.717) is 12.4 Å². The van der Waals surface area contributed by atoms with Crippen molar-refractivity contribution in [2.75, 3.05) is 0 Å². The molecule has 5 heteroatoms. The Morgan fingerprint density at radius 2 is 2.32 bits per heavy atom. The topological polar surface area (TPSA) is 63.2 Å². The molecule has 1 heterocycles. The fourth-order valence-corrected chi connectivity index (χ4v) is 1.28. The van der Waals surface area contributed by atoms with Crippen LogP contribution in [-0.2, 0) is 11.3 Å². The first-order valence-corrected chi connectivity index (χ1v) is 6.13. The number of hydrogen-bond acceptors (Lipinski definition) is 4. The average Bonchev–Trinajstić information content (AvgIpc) is 2.35. The number of allylic oxidation sites excluding steroid dienone is 1. The third-order valence-electron chi connectivity index (χ3n) is 2.06. The van der Waals surface area contributed by atoms with Crippen molar-refractivity contribution in [3.05, 3.63) is 42.0 Å². The lowest BCUT2D eigenvalue weighted by Gasteiger charge is -2.20. The van der Waals surface area contributed by atoms with Gasteiger partial charge in [0.05, 0.1) is 0 Å². The van der Waals surface area contributed by atoms with Gasteiger partial charge in [-0.05, 0) is 45.4 Å². The molecule has 104 valence electrons. The zero-order valence-electron chi connectivity index (χ0n) is 12.8. The van der Waals surface area contributed by atoms with Crippen LogP contribution in [0, 0.1) is 0 Å². The molecule has 2 N–H and O–H groups in total. The normalized spacial score (nSPS) is 12.6. The Morgan fingerprint density at radius 3 is 2.84 bits per heavy atom. The Balaban J connectivity index is 2.60. The summed E-state index contributed by atoms with van der Waals surface area (Å²) in [6, 6.07) is 3.68. The van der Waals surface area contributed by atoms with E-state index in [9.17, 15) is 4.79 Å². The fraction of sp³-hybridized carbons (Fsp3) is 0.429. The van der Waals surface area contributed by atoms with Crippen LogP contribution in [0.3, 0.4) is 0 Å². The van der Waals surface area contributed by atoms with Crippen LogP contribution in [-0.4, -0.2) is 16.7 Å². The smallest absolute Gasteiger partial charge is 0.413 e. The minimum Gasteiger partial charge on any atom is -0.444 e. The van der Waals surface area contributed by atoms with Crippen molar-refractivity contribution in [1.29, 1.82) is 0 Å². The van der Waals surface area contributed by atoms with E-state index in [-0.39, 0.29) is 0 Å². The molecule has 5 nitrogen and oxygen atoms in total. The summed E-state index contributed by atoms with van der Waals surface area (Å²) >= 11 is 0. The summed E-state index contributed by atoms with van der Waals surface area (Å²) in [7, 11) is 0. The second-order valence-corrected chi connectivity index (χ2v) is 4.98. The van der Waals surface area contributed by atoms with Gasteiger partial charge in [0.25, 0.3) is 0 Å². The Morgan fingerprint density at radius 1 is 1.58 bits per heavy atom. The van der Waals surface area contributed by atoms with E-state index in [2.05, 4.69) is 10.3 Å². The molecule has 0 bridgehead atoms. The van der Waals surface area contributed by atoms with Crippen LogP contribution in [0.15, 0.2) is 36.4 Å². The number of pyridine rings is 1. The molecular formula is C14H21N3O2. The third-order valence-corrected chi connectivity index (χ3v) is 2.06. The number of carbonyl (C=O) groups excluding carboxylic acids is 1. The third kappa shape index (κ3) is 6.45. The van der Waals surface area contributed by atoms with Crippen LogP contribution in [0.2, 0.25) is 1.41 Å². The van der Waals surface area contributed by atoms with Crippen LogP contribution < -0.4 is 10.6 Å². The molecule has 0 aliphatic rings. The van der Waals surface area contributed by atoms with Crippen LogP contribution in [0.25, 0.3) is 0 Å². The number of aromatic nitrogens is 1. The minimum absolute atomic E-state index is 0.323. The Labute approximate surface area is 115 Å². The van der Waals surface area contributed by atoms with E-state index in [0.717, 1.165) is 5.56 Å². The lowest BCUT2D eigenvalue weighted by Crippen LogP contribution is -2.36. The van der Waals surface area contributed by atoms with Crippen LogP contribution in [0.1, 0.15) is 33.3 Å². The molecule has 0 radical (unpaired) electrons. The number of carbonyl (C=O) groups is 1. The van der Waals surface area contributed by atoms with Crippen molar-refractivity contribution >= 4 is 6.09 Å². The van der Waals surface area contributed by atoms with Gasteiger partial charge in [0.1, 0.15) is 11.4 Å². The summed E-state index contributed by atoms with van der Waals surface area (Å²) in [5, 5.41) is 3.74. The zero-order valence-corrected chi connectivity index (χ0v) is 11.8. The molecule has 1 aromatic rings. The van der Waals surface area contributed by atoms with Gasteiger partial charge in [0.15, 0.2) is 1.41 Å². The molecule has 0 unspecified atom stereocenters. The van der Waals surface area contributed by atoms with Crippen molar-refractivity contribution in [3.8, 4) is 0 Å². The van der Waals surface area contributed by atoms with E-state index < -0.39 is 11.7 Å². The predicted octanol–water partition coefficient (Wildman–Crippen LogP) is 2.56. The minimum atomic E-state index is -0.575. The van der Waals surface area contributed by atoms with Crippen LogP contribution in [0.5, 0.6) is 0 Å². The molecular weight excluding hydrogens is 242 g/mol. The second kappa shape index (κ2) is 6.78. The Bertz CT molecular complexity index is 469. The first-order valence-electron chi connectivity index (χ1n) is 6.58. The highest BCUT2D eigenvalue weighted by Crippen LogP contribution is 2.07. The van der Waals surface area contributed by atoms with Crippen LogP contribution in [0.4, 0.5) is 4.79 Å². The second-order valence-electron chi connectivity index (χ2n) is 4.98. The molecule has 0 aliphatic carbocycles. The maximum Gasteiger partial charge on any atom is 0.413 e. The highest BCUT2D eigenvalue weighted by atomic mass is 16.6. The van der Waals surface area contributed by atoms with Gasteiger partial charge in [-0.25, -0.2) is 4.79 Å². The summed E-state index contributed by atoms with van der Waals surface area (Å²) < 4.78 is 13.1. The molecule has 0 saturated heterocycles. The van der Waals surface area contributed by atoms with Gasteiger partial charge >= 0.3 is 6.09 Å². The van der Waals surface area contributed by atoms with Gasteiger partial charge < -0.3 is 10.0 Å². The van der Waals surface area contributed by atoms with Gasteiger partial charge in [-0.1, -0.05) is 6.07 Å². The lowest BCUT2D eigenvalue weighted by molar-refractivity contribution is 0.0542. The number of ether oxygens (including phenoxy) is 1. The van der Waals surface area contributed by atoms with E-state index >= 15 is 0 Å². The zero-order chi connectivity index (χ0) is 15.2. The van der Waals surface area contributed by atoms with Crippen LogP contribution >= 0.6 is 0 Å². The van der Waals surface area contributed by atoms with Gasteiger partial charge in [-0.2, -0.15) is 0 Å². The van der Waals surface area contributed by atoms with Crippen molar-refractivity contribution < 1.29 is 10.9 Å². The SMILES string of the molecule is [3H]N(Cc1cccnc1)/C(=C\C)NC(=O)OC(C)(C)C. The monoisotopic (exact) mass is 265 g/mol. The lowest BCUT2D eigenvalue weighted by atomic mass is 10.2. The first-order chi connectivity index (χ1) is 9.31. The van der Waals surface area contributed by atoms with Crippen molar-refractivity contribution in [1.82, 2.24) is 15.6 Å². The molecule has 19 heavy (non-hydrogen) atoms. The molecule has 0 atom stereocenters. The summed E-state index contributed by atoms with van der Waals surface area (Å²) in [5.41, 5.74) is 0.312. The molecule has 0 saturated carbocycles. The largest absolute Gasteiger partial charge is 0.444 e. The summed E-state index contributed by atoms with van der Waals surface area (Å²) in [5.74, 6) is 0.364. The molecule has 1 rings (SSSR count). The van der Waals surface area contributed by atoms with Gasteiger partial charge in [0, 0.05) is 18.9 Å². The molecule has 0 aromatic carbocycles. The molecule has 1 amide bonds. The summed E-state index contributed by atoms with van der Waals surface area (Å²) in [6.07, 6.45) is 4.43. The number of hydrogen-bond donors (Lipinski definition) is 2.